The van der Waals surface area contributed by atoms with E-state index in [2.05, 4.69) is 15.3 Å². The fourth-order valence-corrected chi connectivity index (χ4v) is 3.46. The molecule has 2 aromatic rings. The van der Waals surface area contributed by atoms with Crippen LogP contribution < -0.4 is 5.32 Å². The quantitative estimate of drug-likeness (QED) is 0.692. The summed E-state index contributed by atoms with van der Waals surface area (Å²) in [6.45, 7) is 3.77. The maximum absolute atomic E-state index is 12.0. The van der Waals surface area contributed by atoms with E-state index in [4.69, 9.17) is 11.6 Å². The number of nitrogens with zero attached hydrogens (tertiary/aromatic N) is 2. The standard InChI is InChI=1S/C12H12ClN3OS2/c1-7-6-18-12(15-7)19-8(2)11(17)16-9-4-3-5-14-10(9)13/h3-6,8H,1-2H3,(H,16,17)/t8-/m0/s1. The third-order valence-electron chi connectivity index (χ3n) is 2.26. The van der Waals surface area contributed by atoms with Crippen LogP contribution in [-0.2, 0) is 4.79 Å². The van der Waals surface area contributed by atoms with Crippen LogP contribution in [0.5, 0.6) is 0 Å². The summed E-state index contributed by atoms with van der Waals surface area (Å²) in [4.78, 5) is 20.3. The van der Waals surface area contributed by atoms with Crippen molar-refractivity contribution in [3.05, 3.63) is 34.6 Å². The summed E-state index contributed by atoms with van der Waals surface area (Å²) >= 11 is 8.86. The van der Waals surface area contributed by atoms with Crippen LogP contribution in [0, 0.1) is 6.92 Å². The molecule has 1 atom stereocenters. The van der Waals surface area contributed by atoms with Gasteiger partial charge in [-0.15, -0.1) is 11.3 Å². The van der Waals surface area contributed by atoms with E-state index in [-0.39, 0.29) is 16.3 Å². The molecule has 0 spiro atoms. The van der Waals surface area contributed by atoms with Crippen molar-refractivity contribution >= 4 is 46.3 Å². The van der Waals surface area contributed by atoms with E-state index < -0.39 is 0 Å². The molecule has 2 rings (SSSR count). The lowest BCUT2D eigenvalue weighted by atomic mass is 10.4. The van der Waals surface area contributed by atoms with Gasteiger partial charge in [0.1, 0.15) is 0 Å². The topological polar surface area (TPSA) is 54.9 Å². The highest BCUT2D eigenvalue weighted by Crippen LogP contribution is 2.27. The minimum Gasteiger partial charge on any atom is -0.322 e. The molecule has 19 heavy (non-hydrogen) atoms. The van der Waals surface area contributed by atoms with Gasteiger partial charge in [0.2, 0.25) is 5.91 Å². The van der Waals surface area contributed by atoms with Crippen molar-refractivity contribution < 1.29 is 4.79 Å². The second-order valence-corrected chi connectivity index (χ2v) is 6.65. The number of thioether (sulfide) groups is 1. The summed E-state index contributed by atoms with van der Waals surface area (Å²) in [5.41, 5.74) is 1.49. The number of halogens is 1. The lowest BCUT2D eigenvalue weighted by molar-refractivity contribution is -0.115. The van der Waals surface area contributed by atoms with Gasteiger partial charge in [-0.1, -0.05) is 23.4 Å². The molecule has 0 aliphatic heterocycles. The molecule has 0 radical (unpaired) electrons. The van der Waals surface area contributed by atoms with Crippen LogP contribution in [0.3, 0.4) is 0 Å². The minimum atomic E-state index is -0.248. The van der Waals surface area contributed by atoms with Crippen molar-refractivity contribution in [1.82, 2.24) is 9.97 Å². The first-order valence-electron chi connectivity index (χ1n) is 5.56. The van der Waals surface area contributed by atoms with Gasteiger partial charge in [-0.05, 0) is 26.0 Å². The number of thiazole rings is 1. The van der Waals surface area contributed by atoms with Crippen molar-refractivity contribution in [2.24, 2.45) is 0 Å². The molecule has 4 nitrogen and oxygen atoms in total. The molecule has 0 saturated heterocycles. The highest BCUT2D eigenvalue weighted by atomic mass is 35.5. The number of hydrogen-bond acceptors (Lipinski definition) is 5. The first kappa shape index (κ1) is 14.3. The van der Waals surface area contributed by atoms with Crippen LogP contribution in [0.1, 0.15) is 12.6 Å². The molecule has 1 N–H and O–H groups in total. The maximum atomic E-state index is 12.0. The summed E-state index contributed by atoms with van der Waals surface area (Å²) in [5, 5.41) is 4.76. The van der Waals surface area contributed by atoms with E-state index in [1.807, 2.05) is 19.2 Å². The lowest BCUT2D eigenvalue weighted by Gasteiger charge is -2.10. The Labute approximate surface area is 124 Å². The van der Waals surface area contributed by atoms with E-state index >= 15 is 0 Å². The largest absolute Gasteiger partial charge is 0.322 e. The van der Waals surface area contributed by atoms with Crippen LogP contribution in [0.2, 0.25) is 5.15 Å². The monoisotopic (exact) mass is 313 g/mol. The van der Waals surface area contributed by atoms with Crippen molar-refractivity contribution in [1.29, 1.82) is 0 Å². The molecule has 0 unspecified atom stereocenters. The van der Waals surface area contributed by atoms with Gasteiger partial charge < -0.3 is 5.32 Å². The number of rotatable bonds is 4. The Balaban J connectivity index is 1.98. The molecule has 2 aromatic heterocycles. The van der Waals surface area contributed by atoms with Gasteiger partial charge in [0.25, 0.3) is 0 Å². The second-order valence-electron chi connectivity index (χ2n) is 3.85. The Bertz CT molecular complexity index is 588. The Morgan fingerprint density at radius 1 is 1.58 bits per heavy atom. The Kier molecular flexibility index (Phi) is 4.79. The predicted octanol–water partition coefficient (Wildman–Crippen LogP) is 3.62. The maximum Gasteiger partial charge on any atom is 0.237 e. The molecule has 0 fully saturated rings. The zero-order valence-electron chi connectivity index (χ0n) is 10.4. The molecular weight excluding hydrogens is 302 g/mol. The number of nitrogens with one attached hydrogen (secondary N) is 1. The van der Waals surface area contributed by atoms with E-state index in [1.165, 1.54) is 23.1 Å². The predicted molar refractivity (Wildman–Crippen MR) is 80.0 cm³/mol. The highest BCUT2D eigenvalue weighted by molar-refractivity contribution is 8.02. The van der Waals surface area contributed by atoms with E-state index in [9.17, 15) is 4.79 Å². The lowest BCUT2D eigenvalue weighted by Crippen LogP contribution is -2.22. The van der Waals surface area contributed by atoms with Gasteiger partial charge in [-0.2, -0.15) is 0 Å². The third-order valence-corrected chi connectivity index (χ3v) is 4.75. The van der Waals surface area contributed by atoms with Crippen molar-refractivity contribution in [2.45, 2.75) is 23.4 Å². The highest BCUT2D eigenvalue weighted by Gasteiger charge is 2.17. The van der Waals surface area contributed by atoms with Crippen LogP contribution in [0.4, 0.5) is 5.69 Å². The van der Waals surface area contributed by atoms with Crippen molar-refractivity contribution in [2.75, 3.05) is 5.32 Å². The Morgan fingerprint density at radius 2 is 2.37 bits per heavy atom. The van der Waals surface area contributed by atoms with Crippen molar-refractivity contribution in [3.8, 4) is 0 Å². The SMILES string of the molecule is Cc1csc(S[C@@H](C)C(=O)Nc2cccnc2Cl)n1. The number of hydrogen-bond donors (Lipinski definition) is 1. The Morgan fingerprint density at radius 3 is 3.00 bits per heavy atom. The number of amides is 1. The second kappa shape index (κ2) is 6.36. The number of anilines is 1. The molecule has 0 bridgehead atoms. The van der Waals surface area contributed by atoms with E-state index in [0.29, 0.717) is 5.69 Å². The fourth-order valence-electron chi connectivity index (χ4n) is 1.30. The van der Waals surface area contributed by atoms with Crippen LogP contribution >= 0.6 is 34.7 Å². The summed E-state index contributed by atoms with van der Waals surface area (Å²) in [5.74, 6) is -0.118. The van der Waals surface area contributed by atoms with Gasteiger partial charge in [0, 0.05) is 17.3 Å². The van der Waals surface area contributed by atoms with Crippen LogP contribution in [-0.4, -0.2) is 21.1 Å². The van der Waals surface area contributed by atoms with Crippen LogP contribution in [0.15, 0.2) is 28.0 Å². The molecule has 0 saturated carbocycles. The molecule has 0 aromatic carbocycles. The number of carbonyl (C=O) groups is 1. The number of aromatic nitrogens is 2. The third kappa shape index (κ3) is 3.92. The zero-order chi connectivity index (χ0) is 13.8. The van der Waals surface area contributed by atoms with E-state index in [1.54, 1.807) is 18.3 Å². The van der Waals surface area contributed by atoms with Gasteiger partial charge in [0.05, 0.1) is 10.9 Å². The summed E-state index contributed by atoms with van der Waals surface area (Å²) in [6.07, 6.45) is 1.58. The average Bonchev–Trinajstić information content (AvgIpc) is 2.77. The number of pyridine rings is 1. The summed E-state index contributed by atoms with van der Waals surface area (Å²) in [7, 11) is 0. The molecular formula is C12H12ClN3OS2. The molecule has 0 aliphatic carbocycles. The first-order valence-corrected chi connectivity index (χ1v) is 7.70. The fraction of sp³-hybridized carbons (Fsp3) is 0.250. The average molecular weight is 314 g/mol. The van der Waals surface area contributed by atoms with Crippen molar-refractivity contribution in [3.63, 3.8) is 0 Å². The first-order chi connectivity index (χ1) is 9.06. The molecule has 7 heteroatoms. The summed E-state index contributed by atoms with van der Waals surface area (Å²) in [6, 6.07) is 3.45. The van der Waals surface area contributed by atoms with E-state index in [0.717, 1.165) is 10.0 Å². The smallest absolute Gasteiger partial charge is 0.237 e. The Hall–Kier alpha value is -1.11. The van der Waals surface area contributed by atoms with Crippen LogP contribution in [0.25, 0.3) is 0 Å². The van der Waals surface area contributed by atoms with Gasteiger partial charge in [-0.3, -0.25) is 4.79 Å². The number of aryl methyl sites for hydroxylation is 1. The van der Waals surface area contributed by atoms with Gasteiger partial charge >= 0.3 is 0 Å². The van der Waals surface area contributed by atoms with Gasteiger partial charge in [0.15, 0.2) is 9.49 Å². The minimum absolute atomic E-state index is 0.118. The van der Waals surface area contributed by atoms with Gasteiger partial charge in [-0.25, -0.2) is 9.97 Å². The summed E-state index contributed by atoms with van der Waals surface area (Å²) < 4.78 is 0.887. The molecule has 0 aliphatic rings. The molecule has 1 amide bonds. The zero-order valence-corrected chi connectivity index (χ0v) is 12.8. The normalized spacial score (nSPS) is 12.2. The number of carbonyl (C=O) groups excluding carboxylic acids is 1. The molecule has 100 valence electrons. The molecule has 2 heterocycles.